The molecule has 0 aromatic heterocycles. The first-order valence-electron chi connectivity index (χ1n) is 6.58. The van der Waals surface area contributed by atoms with E-state index in [1.54, 1.807) is 0 Å². The van der Waals surface area contributed by atoms with Gasteiger partial charge in [0.05, 0.1) is 10.5 Å². The number of hydrogen-bond acceptors (Lipinski definition) is 3. The number of carbonyl (C=O) groups is 1. The number of sulfonamides is 1. The van der Waals surface area contributed by atoms with Gasteiger partial charge >= 0.3 is 5.97 Å². The average molecular weight is 299 g/mol. The van der Waals surface area contributed by atoms with E-state index in [9.17, 15) is 13.2 Å². The minimum Gasteiger partial charge on any atom is -0.478 e. The monoisotopic (exact) mass is 299 g/mol. The Morgan fingerprint density at radius 2 is 2.00 bits per heavy atom. The van der Waals surface area contributed by atoms with Crippen molar-refractivity contribution in [3.8, 4) is 0 Å². The second-order valence-corrected chi connectivity index (χ2v) is 6.90. The molecule has 5 nitrogen and oxygen atoms in total. The number of rotatable bonds is 7. The van der Waals surface area contributed by atoms with Gasteiger partial charge in [-0.2, -0.15) is 0 Å². The van der Waals surface area contributed by atoms with Gasteiger partial charge in [0.25, 0.3) is 0 Å². The fourth-order valence-corrected chi connectivity index (χ4v) is 3.27. The molecule has 0 aliphatic rings. The number of aromatic carboxylic acids is 1. The van der Waals surface area contributed by atoms with Crippen molar-refractivity contribution in [3.63, 3.8) is 0 Å². The van der Waals surface area contributed by atoms with Gasteiger partial charge in [-0.15, -0.1) is 0 Å². The van der Waals surface area contributed by atoms with Crippen LogP contribution in [0.4, 0.5) is 0 Å². The molecule has 1 aromatic carbocycles. The molecule has 0 unspecified atom stereocenters. The molecule has 1 aromatic rings. The predicted molar refractivity (Wildman–Crippen MR) is 77.4 cm³/mol. The maximum atomic E-state index is 12.2. The zero-order chi connectivity index (χ0) is 15.3. The summed E-state index contributed by atoms with van der Waals surface area (Å²) in [7, 11) is -3.66. The maximum Gasteiger partial charge on any atom is 0.335 e. The summed E-state index contributed by atoms with van der Waals surface area (Å²) in [4.78, 5) is 11.1. The number of carboxylic acids is 1. The van der Waals surface area contributed by atoms with Crippen LogP contribution in [-0.2, 0) is 10.0 Å². The van der Waals surface area contributed by atoms with E-state index in [1.807, 2.05) is 0 Å². The Morgan fingerprint density at radius 1 is 1.35 bits per heavy atom. The second-order valence-electron chi connectivity index (χ2n) is 5.17. The number of carboxylic acid groups (broad SMARTS) is 1. The first-order valence-corrected chi connectivity index (χ1v) is 8.06. The summed E-state index contributed by atoms with van der Waals surface area (Å²) >= 11 is 0. The van der Waals surface area contributed by atoms with E-state index >= 15 is 0 Å². The molecule has 0 radical (unpaired) electrons. The highest BCUT2D eigenvalue weighted by Crippen LogP contribution is 2.19. The van der Waals surface area contributed by atoms with E-state index in [4.69, 9.17) is 5.11 Å². The van der Waals surface area contributed by atoms with Crippen molar-refractivity contribution in [1.29, 1.82) is 0 Å². The lowest BCUT2D eigenvalue weighted by molar-refractivity contribution is 0.0696. The zero-order valence-corrected chi connectivity index (χ0v) is 12.8. The largest absolute Gasteiger partial charge is 0.478 e. The molecule has 112 valence electrons. The minimum absolute atomic E-state index is 0.00931. The van der Waals surface area contributed by atoms with Crippen LogP contribution in [0.2, 0.25) is 0 Å². The molecule has 1 rings (SSSR count). The van der Waals surface area contributed by atoms with Crippen molar-refractivity contribution < 1.29 is 18.3 Å². The van der Waals surface area contributed by atoms with Gasteiger partial charge in [0.2, 0.25) is 10.0 Å². The van der Waals surface area contributed by atoms with E-state index in [-0.39, 0.29) is 16.0 Å². The molecule has 6 heteroatoms. The molecule has 20 heavy (non-hydrogen) atoms. The minimum atomic E-state index is -3.66. The lowest BCUT2D eigenvalue weighted by Crippen LogP contribution is -2.26. The van der Waals surface area contributed by atoms with Crippen molar-refractivity contribution in [2.45, 2.75) is 38.5 Å². The van der Waals surface area contributed by atoms with Crippen LogP contribution in [0.25, 0.3) is 0 Å². The van der Waals surface area contributed by atoms with Gasteiger partial charge < -0.3 is 5.11 Å². The van der Waals surface area contributed by atoms with E-state index in [0.29, 0.717) is 12.5 Å². The molecule has 0 aliphatic carbocycles. The summed E-state index contributed by atoms with van der Waals surface area (Å²) in [6.45, 7) is 6.02. The molecule has 0 bridgehead atoms. The molecule has 2 N–H and O–H groups in total. The second kappa shape index (κ2) is 6.85. The van der Waals surface area contributed by atoms with Crippen molar-refractivity contribution in [3.05, 3.63) is 29.3 Å². The van der Waals surface area contributed by atoms with Gasteiger partial charge in [-0.3, -0.25) is 0 Å². The summed E-state index contributed by atoms with van der Waals surface area (Å²) in [5.74, 6) is -0.601. The highest BCUT2D eigenvalue weighted by Gasteiger charge is 2.20. The molecule has 0 fully saturated rings. The molecule has 0 spiro atoms. The van der Waals surface area contributed by atoms with E-state index < -0.39 is 16.0 Å². The molecule has 0 saturated heterocycles. The Balaban J connectivity index is 2.88. The van der Waals surface area contributed by atoms with Crippen molar-refractivity contribution in [2.75, 3.05) is 6.54 Å². The Kier molecular flexibility index (Phi) is 5.71. The van der Waals surface area contributed by atoms with Crippen LogP contribution in [0.15, 0.2) is 23.1 Å². The molecule has 0 saturated carbocycles. The maximum absolute atomic E-state index is 12.2. The van der Waals surface area contributed by atoms with Gasteiger partial charge in [0.1, 0.15) is 0 Å². The topological polar surface area (TPSA) is 83.5 Å². The van der Waals surface area contributed by atoms with E-state index in [2.05, 4.69) is 18.6 Å². The summed E-state index contributed by atoms with van der Waals surface area (Å²) in [5, 5.41) is 9.02. The van der Waals surface area contributed by atoms with Crippen molar-refractivity contribution in [1.82, 2.24) is 4.72 Å². The number of benzene rings is 1. The van der Waals surface area contributed by atoms with Crippen LogP contribution in [-0.4, -0.2) is 26.0 Å². The average Bonchev–Trinajstić information content (AvgIpc) is 2.34. The summed E-state index contributed by atoms with van der Waals surface area (Å²) in [6, 6.07) is 4.27. The third kappa shape index (κ3) is 4.31. The van der Waals surface area contributed by atoms with Gasteiger partial charge in [0, 0.05) is 6.54 Å². The van der Waals surface area contributed by atoms with Gasteiger partial charge in [-0.1, -0.05) is 19.9 Å². The van der Waals surface area contributed by atoms with Crippen molar-refractivity contribution in [2.24, 2.45) is 5.92 Å². The zero-order valence-electron chi connectivity index (χ0n) is 12.0. The third-order valence-corrected chi connectivity index (χ3v) is 4.66. The van der Waals surface area contributed by atoms with Gasteiger partial charge in [0.15, 0.2) is 0 Å². The first-order chi connectivity index (χ1) is 9.25. The van der Waals surface area contributed by atoms with Crippen molar-refractivity contribution >= 4 is 16.0 Å². The Labute approximate surface area is 120 Å². The molecule has 0 atom stereocenters. The Bertz CT molecular complexity index is 579. The van der Waals surface area contributed by atoms with E-state index in [1.165, 1.54) is 25.1 Å². The number of hydrogen-bond donors (Lipinski definition) is 2. The smallest absolute Gasteiger partial charge is 0.335 e. The predicted octanol–water partition coefficient (Wildman–Crippen LogP) is 2.41. The lowest BCUT2D eigenvalue weighted by Gasteiger charge is -2.11. The Hall–Kier alpha value is -1.40. The summed E-state index contributed by atoms with van der Waals surface area (Å²) in [6.07, 6.45) is 1.70. The van der Waals surface area contributed by atoms with Crippen LogP contribution >= 0.6 is 0 Å². The highest BCUT2D eigenvalue weighted by molar-refractivity contribution is 7.89. The summed E-state index contributed by atoms with van der Waals surface area (Å²) in [5.41, 5.74) is 0.270. The van der Waals surface area contributed by atoms with Crippen LogP contribution in [0.5, 0.6) is 0 Å². The van der Waals surface area contributed by atoms with E-state index in [0.717, 1.165) is 12.8 Å². The molecule has 0 aliphatic heterocycles. The number of nitrogens with one attached hydrogen (secondary N) is 1. The molecular weight excluding hydrogens is 278 g/mol. The molecular formula is C14H21NO4S. The quantitative estimate of drug-likeness (QED) is 0.757. The SMILES string of the molecule is Cc1c(C(=O)O)cccc1S(=O)(=O)NCCCC(C)C. The highest BCUT2D eigenvalue weighted by atomic mass is 32.2. The molecule has 0 amide bonds. The van der Waals surface area contributed by atoms with Crippen LogP contribution in [0.3, 0.4) is 0 Å². The third-order valence-electron chi connectivity index (χ3n) is 3.05. The normalized spacial score (nSPS) is 11.8. The standard InChI is InChI=1S/C14H21NO4S/c1-10(2)6-5-9-15-20(18,19)13-8-4-7-12(11(13)3)14(16)17/h4,7-8,10,15H,5-6,9H2,1-3H3,(H,16,17). The Morgan fingerprint density at radius 3 is 2.55 bits per heavy atom. The fourth-order valence-electron chi connectivity index (χ4n) is 1.93. The van der Waals surface area contributed by atoms with Crippen LogP contribution in [0.1, 0.15) is 42.6 Å². The lowest BCUT2D eigenvalue weighted by atomic mass is 10.1. The fraction of sp³-hybridized carbons (Fsp3) is 0.500. The van der Waals surface area contributed by atoms with Crippen LogP contribution < -0.4 is 4.72 Å². The van der Waals surface area contributed by atoms with Gasteiger partial charge in [-0.05, 0) is 43.4 Å². The molecule has 0 heterocycles. The van der Waals surface area contributed by atoms with Gasteiger partial charge in [-0.25, -0.2) is 17.9 Å². The summed E-state index contributed by atoms with van der Waals surface area (Å²) < 4.78 is 26.9. The first kappa shape index (κ1) is 16.7. The van der Waals surface area contributed by atoms with Crippen LogP contribution in [0, 0.1) is 12.8 Å².